The van der Waals surface area contributed by atoms with Crippen LogP contribution in [-0.2, 0) is 5.41 Å². The molecule has 0 bridgehead atoms. The molecule has 1 aromatic heterocycles. The second-order valence-corrected chi connectivity index (χ2v) is 21.6. The largest absolute Gasteiger partial charge is 0.508 e. The van der Waals surface area contributed by atoms with E-state index in [9.17, 15) is 0 Å². The maximum Gasteiger partial charge on any atom is 0.115 e. The van der Waals surface area contributed by atoms with Gasteiger partial charge in [-0.3, -0.25) is 5.10 Å². The lowest BCUT2D eigenvalue weighted by molar-refractivity contribution is 0.475. The van der Waals surface area contributed by atoms with Gasteiger partial charge < -0.3 is 5.11 Å². The predicted molar refractivity (Wildman–Crippen MR) is 314 cm³/mol. The summed E-state index contributed by atoms with van der Waals surface area (Å²) in [5.41, 5.74) is 17.0. The third-order valence-electron chi connectivity index (χ3n) is 11.7. The molecule has 0 aliphatic carbocycles. The lowest BCUT2D eigenvalue weighted by Gasteiger charge is -2.18. The number of hydrogen-bond acceptors (Lipinski definition) is 2. The number of aryl methyl sites for hydroxylation is 5. The normalized spacial score (nSPS) is 10.5. The molecule has 0 aliphatic rings. The van der Waals surface area contributed by atoms with E-state index in [2.05, 4.69) is 263 Å². The quantitative estimate of drug-likeness (QED) is 0.163. The maximum absolute atomic E-state index is 8.94. The standard InChI is InChI=1S/C12H14.4C10H14.C9H12O.C7H12N2/c1-5-10-7-6-8-11(9-10)12(2,3)4;3*1-8(2)10-6-4-9(3)5-7-10;1-8(2)10-6-4-5-9(3)7-10;1-7(2)8-3-5-9(10)6-4-8;1-5(2)7-4-6(3)8-9-7/h1,6-9H,2-4H3;4*4-8H,1-3H3;3-7,10H,1-2H3;4-5H,1-3H3,(H,8,9). The molecule has 7 rings (SSSR count). The summed E-state index contributed by atoms with van der Waals surface area (Å²) in [5, 5.41) is 15.9. The van der Waals surface area contributed by atoms with Crippen LogP contribution in [-0.4, -0.2) is 15.3 Å². The number of rotatable bonds is 6. The average molecular weight is 956 g/mol. The average Bonchev–Trinajstić information content (AvgIpc) is 3.77. The van der Waals surface area contributed by atoms with Crippen LogP contribution in [0.2, 0.25) is 0 Å². The number of phenols is 1. The summed E-state index contributed by atoms with van der Waals surface area (Å²) in [6, 6.07) is 52.3. The van der Waals surface area contributed by atoms with Gasteiger partial charge in [-0.2, -0.15) is 5.10 Å². The van der Waals surface area contributed by atoms with Gasteiger partial charge in [-0.25, -0.2) is 0 Å². The Kier molecular flexibility index (Phi) is 29.0. The van der Waals surface area contributed by atoms with E-state index < -0.39 is 0 Å². The number of hydrogen-bond donors (Lipinski definition) is 2. The number of benzene rings is 6. The van der Waals surface area contributed by atoms with Gasteiger partial charge in [0.15, 0.2) is 0 Å². The summed E-state index contributed by atoms with van der Waals surface area (Å²) in [6.45, 7) is 43.3. The van der Waals surface area contributed by atoms with Crippen LogP contribution in [0.5, 0.6) is 5.75 Å². The lowest BCUT2D eigenvalue weighted by Crippen LogP contribution is -2.10. The number of nitrogens with zero attached hydrogens (tertiary/aromatic N) is 1. The SMILES string of the molecule is C#Cc1cccc(C(C)(C)C)c1.CC(C)c1ccc(O)cc1.Cc1cc(C(C)C)n[nH]1.Cc1ccc(C(C)C)cc1.Cc1ccc(C(C)C)cc1.Cc1ccc(C(C)C)cc1.Cc1cccc(C(C)C)c1. The molecule has 3 nitrogen and oxygen atoms in total. The maximum atomic E-state index is 8.94. The Morgan fingerprint density at radius 2 is 0.789 bits per heavy atom. The van der Waals surface area contributed by atoms with Crippen molar-refractivity contribution >= 4 is 0 Å². The van der Waals surface area contributed by atoms with Gasteiger partial charge in [0.1, 0.15) is 5.75 Å². The van der Waals surface area contributed by atoms with Crippen LogP contribution in [0.1, 0.15) is 212 Å². The van der Waals surface area contributed by atoms with Crippen LogP contribution >= 0.6 is 0 Å². The highest BCUT2D eigenvalue weighted by atomic mass is 16.3. The molecule has 0 atom stereocenters. The van der Waals surface area contributed by atoms with Gasteiger partial charge in [-0.1, -0.05) is 253 Å². The topological polar surface area (TPSA) is 48.9 Å². The Morgan fingerprint density at radius 1 is 0.423 bits per heavy atom. The van der Waals surface area contributed by atoms with E-state index in [4.69, 9.17) is 11.5 Å². The Balaban J connectivity index is 0.000000415. The van der Waals surface area contributed by atoms with Gasteiger partial charge in [0, 0.05) is 11.3 Å². The Hall–Kier alpha value is -6.11. The molecular formula is C68H94N2O. The first-order valence-electron chi connectivity index (χ1n) is 25.9. The minimum absolute atomic E-state index is 0.187. The summed E-state index contributed by atoms with van der Waals surface area (Å²) in [7, 11) is 0. The van der Waals surface area contributed by atoms with Crippen molar-refractivity contribution in [2.75, 3.05) is 0 Å². The molecular weight excluding hydrogens is 861 g/mol. The fraction of sp³-hybridized carbons (Fsp3) is 0.397. The first-order valence-corrected chi connectivity index (χ1v) is 25.9. The van der Waals surface area contributed by atoms with E-state index in [0.717, 1.165) is 17.0 Å². The van der Waals surface area contributed by atoms with Gasteiger partial charge in [0.2, 0.25) is 0 Å². The van der Waals surface area contributed by atoms with Gasteiger partial charge in [-0.05, 0) is 139 Å². The molecule has 0 amide bonds. The second-order valence-electron chi connectivity index (χ2n) is 21.6. The minimum atomic E-state index is 0.187. The van der Waals surface area contributed by atoms with Gasteiger partial charge >= 0.3 is 0 Å². The highest BCUT2D eigenvalue weighted by molar-refractivity contribution is 5.38. The highest BCUT2D eigenvalue weighted by Gasteiger charge is 2.13. The van der Waals surface area contributed by atoms with E-state index >= 15 is 0 Å². The molecule has 0 saturated heterocycles. The monoisotopic (exact) mass is 955 g/mol. The highest BCUT2D eigenvalue weighted by Crippen LogP contribution is 2.23. The van der Waals surface area contributed by atoms with E-state index in [1.165, 1.54) is 55.6 Å². The summed E-state index contributed by atoms with van der Waals surface area (Å²) in [5.74, 6) is 6.67. The number of aromatic amines is 1. The first kappa shape index (κ1) is 62.9. The molecule has 0 aliphatic heterocycles. The molecule has 1 heterocycles. The van der Waals surface area contributed by atoms with Crippen LogP contribution in [0, 0.1) is 47.0 Å². The predicted octanol–water partition coefficient (Wildman–Crippen LogP) is 19.8. The van der Waals surface area contributed by atoms with Gasteiger partial charge in [0.05, 0.1) is 5.69 Å². The fourth-order valence-corrected chi connectivity index (χ4v) is 6.55. The summed E-state index contributed by atoms with van der Waals surface area (Å²) < 4.78 is 0. The van der Waals surface area contributed by atoms with Crippen LogP contribution in [0.25, 0.3) is 0 Å². The number of phenolic OH excluding ortho intramolecular Hbond substituents is 1. The van der Waals surface area contributed by atoms with Crippen molar-refractivity contribution in [1.82, 2.24) is 10.2 Å². The minimum Gasteiger partial charge on any atom is -0.508 e. The number of aromatic hydroxyl groups is 1. The summed E-state index contributed by atoms with van der Waals surface area (Å²) >= 11 is 0. The van der Waals surface area contributed by atoms with E-state index in [1.54, 1.807) is 12.1 Å². The van der Waals surface area contributed by atoms with Crippen molar-refractivity contribution in [3.63, 3.8) is 0 Å². The zero-order valence-corrected chi connectivity index (χ0v) is 47.9. The number of nitrogens with one attached hydrogen (secondary N) is 1. The summed E-state index contributed by atoms with van der Waals surface area (Å²) in [4.78, 5) is 0. The van der Waals surface area contributed by atoms with Crippen LogP contribution in [0.15, 0.2) is 152 Å². The number of aromatic nitrogens is 2. The molecule has 0 spiro atoms. The van der Waals surface area contributed by atoms with E-state index in [-0.39, 0.29) is 5.41 Å². The van der Waals surface area contributed by atoms with Crippen molar-refractivity contribution in [3.05, 3.63) is 224 Å². The van der Waals surface area contributed by atoms with Crippen LogP contribution in [0.3, 0.4) is 0 Å². The van der Waals surface area contributed by atoms with Crippen molar-refractivity contribution in [2.45, 2.75) is 179 Å². The van der Waals surface area contributed by atoms with Crippen molar-refractivity contribution in [3.8, 4) is 18.1 Å². The van der Waals surface area contributed by atoms with E-state index in [1.807, 2.05) is 31.2 Å². The zero-order valence-electron chi connectivity index (χ0n) is 47.9. The molecule has 0 saturated carbocycles. The third kappa shape index (κ3) is 27.2. The number of terminal acetylenes is 1. The fourth-order valence-electron chi connectivity index (χ4n) is 6.55. The number of H-pyrrole nitrogens is 1. The Bertz CT molecular complexity index is 2300. The Morgan fingerprint density at radius 3 is 1.06 bits per heavy atom. The van der Waals surface area contributed by atoms with Crippen molar-refractivity contribution in [2.24, 2.45) is 0 Å². The molecule has 71 heavy (non-hydrogen) atoms. The van der Waals surface area contributed by atoms with Crippen LogP contribution in [0.4, 0.5) is 0 Å². The van der Waals surface area contributed by atoms with Gasteiger partial charge in [-0.15, -0.1) is 6.42 Å². The first-order chi connectivity index (χ1) is 33.2. The molecule has 7 aromatic rings. The smallest absolute Gasteiger partial charge is 0.115 e. The molecule has 2 N–H and O–H groups in total. The molecule has 0 unspecified atom stereocenters. The van der Waals surface area contributed by atoms with Crippen molar-refractivity contribution < 1.29 is 5.11 Å². The third-order valence-corrected chi connectivity index (χ3v) is 11.7. The van der Waals surface area contributed by atoms with Crippen LogP contribution < -0.4 is 0 Å². The molecule has 0 radical (unpaired) electrons. The van der Waals surface area contributed by atoms with E-state index in [0.29, 0.717) is 41.3 Å². The van der Waals surface area contributed by atoms with Gasteiger partial charge in [0.25, 0.3) is 0 Å². The summed E-state index contributed by atoms with van der Waals surface area (Å²) in [6.07, 6.45) is 5.31. The zero-order chi connectivity index (χ0) is 53.8. The lowest BCUT2D eigenvalue weighted by atomic mass is 9.86. The molecule has 6 aromatic carbocycles. The molecule has 382 valence electrons. The molecule has 0 fully saturated rings. The molecule has 3 heteroatoms. The second kappa shape index (κ2) is 32.7. The van der Waals surface area contributed by atoms with Crippen molar-refractivity contribution in [1.29, 1.82) is 0 Å². The Labute approximate surface area is 435 Å².